The summed E-state index contributed by atoms with van der Waals surface area (Å²) in [6.07, 6.45) is 9.85. The van der Waals surface area contributed by atoms with Crippen molar-refractivity contribution in [3.05, 3.63) is 40.6 Å². The van der Waals surface area contributed by atoms with Gasteiger partial charge < -0.3 is 9.88 Å². The average Bonchev–Trinajstić information content (AvgIpc) is 3.08. The molecule has 110 valence electrons. The van der Waals surface area contributed by atoms with Crippen LogP contribution in [-0.4, -0.2) is 22.1 Å². The van der Waals surface area contributed by atoms with E-state index in [1.807, 2.05) is 23.7 Å². The molecule has 1 atom stereocenters. The second kappa shape index (κ2) is 8.22. The van der Waals surface area contributed by atoms with Gasteiger partial charge in [0.05, 0.1) is 0 Å². The molecule has 2 rings (SSSR count). The number of aromatic nitrogens is 2. The Balaban J connectivity index is 1.73. The molecule has 0 spiro atoms. The van der Waals surface area contributed by atoms with Gasteiger partial charge >= 0.3 is 0 Å². The van der Waals surface area contributed by atoms with Crippen LogP contribution in [0.15, 0.2) is 29.9 Å². The molecule has 0 saturated carbocycles. The second-order valence-corrected chi connectivity index (χ2v) is 6.25. The van der Waals surface area contributed by atoms with Gasteiger partial charge in [-0.25, -0.2) is 4.98 Å². The molecular weight excluding hydrogens is 266 g/mol. The summed E-state index contributed by atoms with van der Waals surface area (Å²) in [5, 5.41) is 5.78. The Morgan fingerprint density at radius 2 is 2.25 bits per heavy atom. The predicted molar refractivity (Wildman–Crippen MR) is 86.3 cm³/mol. The summed E-state index contributed by atoms with van der Waals surface area (Å²) in [4.78, 5) is 5.91. The van der Waals surface area contributed by atoms with Gasteiger partial charge in [-0.05, 0) is 43.7 Å². The third-order valence-electron chi connectivity index (χ3n) is 3.69. The number of imidazole rings is 1. The lowest BCUT2D eigenvalue weighted by Gasteiger charge is -2.17. The third-order valence-corrected chi connectivity index (χ3v) is 4.62. The average molecular weight is 291 g/mol. The molecule has 0 aliphatic carbocycles. The van der Waals surface area contributed by atoms with Crippen LogP contribution in [0.5, 0.6) is 0 Å². The van der Waals surface area contributed by atoms with Crippen LogP contribution in [0.1, 0.15) is 36.9 Å². The number of hydrogen-bond acceptors (Lipinski definition) is 3. The normalized spacial score (nSPS) is 12.7. The van der Waals surface area contributed by atoms with Crippen LogP contribution in [-0.2, 0) is 19.9 Å². The van der Waals surface area contributed by atoms with Crippen LogP contribution >= 0.6 is 11.3 Å². The molecule has 4 heteroatoms. The first-order valence-electron chi connectivity index (χ1n) is 7.51. The van der Waals surface area contributed by atoms with Gasteiger partial charge in [-0.15, -0.1) is 11.3 Å². The fourth-order valence-electron chi connectivity index (χ4n) is 2.56. The zero-order chi connectivity index (χ0) is 14.2. The Kier molecular flexibility index (Phi) is 6.27. The highest BCUT2D eigenvalue weighted by Crippen LogP contribution is 2.14. The molecule has 2 aromatic rings. The van der Waals surface area contributed by atoms with Crippen molar-refractivity contribution in [1.82, 2.24) is 14.9 Å². The highest BCUT2D eigenvalue weighted by Gasteiger charge is 2.09. The van der Waals surface area contributed by atoms with Gasteiger partial charge in [0.1, 0.15) is 5.82 Å². The number of hydrogen-bond donors (Lipinski definition) is 1. The third kappa shape index (κ3) is 4.76. The summed E-state index contributed by atoms with van der Waals surface area (Å²) < 4.78 is 2.12. The second-order valence-electron chi connectivity index (χ2n) is 5.22. The van der Waals surface area contributed by atoms with Gasteiger partial charge in [0.25, 0.3) is 0 Å². The van der Waals surface area contributed by atoms with Crippen LogP contribution in [0, 0.1) is 0 Å². The summed E-state index contributed by atoms with van der Waals surface area (Å²) in [6, 6.07) is 4.99. The maximum absolute atomic E-state index is 4.41. The predicted octanol–water partition coefficient (Wildman–Crippen LogP) is 3.42. The van der Waals surface area contributed by atoms with E-state index in [1.165, 1.54) is 36.4 Å². The van der Waals surface area contributed by atoms with Gasteiger partial charge in [0.2, 0.25) is 0 Å². The Hall–Kier alpha value is -1.13. The molecule has 0 aliphatic rings. The zero-order valence-corrected chi connectivity index (χ0v) is 13.3. The molecule has 20 heavy (non-hydrogen) atoms. The SMILES string of the molecule is CCNC(CCCc1cccs1)CCc1nccn1C. The van der Waals surface area contributed by atoms with E-state index >= 15 is 0 Å². The standard InChI is InChI=1S/C16H25N3S/c1-3-17-14(6-4-7-15-8-5-13-20-15)9-10-16-18-11-12-19(16)2/h5,8,11-14,17H,3-4,6-7,9-10H2,1-2H3. The van der Waals surface area contributed by atoms with Crippen molar-refractivity contribution in [2.75, 3.05) is 6.54 Å². The van der Waals surface area contributed by atoms with Crippen LogP contribution in [0.2, 0.25) is 0 Å². The van der Waals surface area contributed by atoms with Crippen molar-refractivity contribution >= 4 is 11.3 Å². The van der Waals surface area contributed by atoms with Gasteiger partial charge in [-0.3, -0.25) is 0 Å². The van der Waals surface area contributed by atoms with Crippen LogP contribution in [0.25, 0.3) is 0 Å². The van der Waals surface area contributed by atoms with Gasteiger partial charge in [-0.1, -0.05) is 13.0 Å². The minimum atomic E-state index is 0.608. The number of thiophene rings is 1. The van der Waals surface area contributed by atoms with E-state index in [2.05, 4.69) is 46.4 Å². The van der Waals surface area contributed by atoms with Crippen LogP contribution in [0.3, 0.4) is 0 Å². The minimum absolute atomic E-state index is 0.608. The molecule has 0 bridgehead atoms. The molecule has 0 fully saturated rings. The lowest BCUT2D eigenvalue weighted by molar-refractivity contribution is 0.446. The lowest BCUT2D eigenvalue weighted by atomic mass is 10.0. The molecule has 2 heterocycles. The van der Waals surface area contributed by atoms with Crippen LogP contribution < -0.4 is 5.32 Å². The van der Waals surface area contributed by atoms with Crippen molar-refractivity contribution in [3.8, 4) is 0 Å². The quantitative estimate of drug-likeness (QED) is 0.767. The number of nitrogens with zero attached hydrogens (tertiary/aromatic N) is 2. The summed E-state index contributed by atoms with van der Waals surface area (Å²) >= 11 is 1.87. The first-order valence-corrected chi connectivity index (χ1v) is 8.39. The molecule has 1 unspecified atom stereocenters. The maximum atomic E-state index is 4.41. The summed E-state index contributed by atoms with van der Waals surface area (Å²) in [6.45, 7) is 3.23. The van der Waals surface area contributed by atoms with E-state index in [1.54, 1.807) is 0 Å². The van der Waals surface area contributed by atoms with Gasteiger partial charge in [-0.2, -0.15) is 0 Å². The first kappa shape index (κ1) is 15.3. The largest absolute Gasteiger partial charge is 0.338 e. The van der Waals surface area contributed by atoms with Gasteiger partial charge in [0, 0.05) is 36.8 Å². The molecule has 2 aromatic heterocycles. The zero-order valence-electron chi connectivity index (χ0n) is 12.5. The van der Waals surface area contributed by atoms with Crippen molar-refractivity contribution in [3.63, 3.8) is 0 Å². The van der Waals surface area contributed by atoms with Crippen molar-refractivity contribution in [2.45, 2.75) is 45.1 Å². The fourth-order valence-corrected chi connectivity index (χ4v) is 3.31. The van der Waals surface area contributed by atoms with E-state index in [0.29, 0.717) is 6.04 Å². The highest BCUT2D eigenvalue weighted by molar-refractivity contribution is 7.09. The number of nitrogens with one attached hydrogen (secondary N) is 1. The van der Waals surface area contributed by atoms with Crippen molar-refractivity contribution in [1.29, 1.82) is 0 Å². The fraction of sp³-hybridized carbons (Fsp3) is 0.562. The number of aryl methyl sites for hydroxylation is 3. The molecule has 1 N–H and O–H groups in total. The first-order chi connectivity index (χ1) is 9.79. The van der Waals surface area contributed by atoms with Crippen molar-refractivity contribution < 1.29 is 0 Å². The number of rotatable bonds is 9. The van der Waals surface area contributed by atoms with Crippen molar-refractivity contribution in [2.24, 2.45) is 7.05 Å². The summed E-state index contributed by atoms with van der Waals surface area (Å²) in [5.74, 6) is 1.19. The Bertz CT molecular complexity index is 476. The molecule has 0 amide bonds. The lowest BCUT2D eigenvalue weighted by Crippen LogP contribution is -2.29. The Morgan fingerprint density at radius 3 is 2.90 bits per heavy atom. The van der Waals surface area contributed by atoms with Gasteiger partial charge in [0.15, 0.2) is 0 Å². The molecule has 0 radical (unpaired) electrons. The van der Waals surface area contributed by atoms with E-state index in [0.717, 1.165) is 13.0 Å². The molecule has 0 aromatic carbocycles. The monoisotopic (exact) mass is 291 g/mol. The van der Waals surface area contributed by atoms with Crippen LogP contribution in [0.4, 0.5) is 0 Å². The maximum Gasteiger partial charge on any atom is 0.108 e. The molecule has 0 saturated heterocycles. The van der Waals surface area contributed by atoms with E-state index < -0.39 is 0 Å². The van der Waals surface area contributed by atoms with E-state index in [9.17, 15) is 0 Å². The Labute approximate surface area is 126 Å². The topological polar surface area (TPSA) is 29.9 Å². The molecular formula is C16H25N3S. The molecule has 3 nitrogen and oxygen atoms in total. The highest BCUT2D eigenvalue weighted by atomic mass is 32.1. The smallest absolute Gasteiger partial charge is 0.108 e. The van der Waals surface area contributed by atoms with E-state index in [-0.39, 0.29) is 0 Å². The van der Waals surface area contributed by atoms with E-state index in [4.69, 9.17) is 0 Å². The minimum Gasteiger partial charge on any atom is -0.338 e. The summed E-state index contributed by atoms with van der Waals surface area (Å²) in [7, 11) is 2.07. The Morgan fingerprint density at radius 1 is 1.35 bits per heavy atom. The summed E-state index contributed by atoms with van der Waals surface area (Å²) in [5.41, 5.74) is 0. The molecule has 0 aliphatic heterocycles.